The lowest BCUT2D eigenvalue weighted by molar-refractivity contribution is -0.153. The summed E-state index contributed by atoms with van der Waals surface area (Å²) in [6, 6.07) is 16.2. The number of carbonyl (C=O) groups is 3. The Kier molecular flexibility index (Phi) is 4.99. The van der Waals surface area contributed by atoms with Gasteiger partial charge in [-0.05, 0) is 45.0 Å². The molecule has 0 spiro atoms. The van der Waals surface area contributed by atoms with Gasteiger partial charge in [-0.1, -0.05) is 30.3 Å². The van der Waals surface area contributed by atoms with Gasteiger partial charge in [-0.15, -0.1) is 0 Å². The van der Waals surface area contributed by atoms with Crippen molar-refractivity contribution in [3.63, 3.8) is 0 Å². The van der Waals surface area contributed by atoms with Gasteiger partial charge in [0, 0.05) is 5.69 Å². The number of benzene rings is 2. The third-order valence-corrected chi connectivity index (χ3v) is 3.99. The summed E-state index contributed by atoms with van der Waals surface area (Å²) in [5.74, 6) is -1.30. The van der Waals surface area contributed by atoms with E-state index < -0.39 is 17.5 Å². The van der Waals surface area contributed by atoms with E-state index in [4.69, 9.17) is 4.74 Å². The second-order valence-electron chi connectivity index (χ2n) is 7.30. The standard InChI is InChI=1S/C21H22N2O4/c1-21(2,3)27-20(26)14-22-16-11-7-8-12-17(16)23(19(25)13-18(22)24)15-9-5-4-6-10-15/h4-12H,13-14H2,1-3H3. The predicted octanol–water partition coefficient (Wildman–Crippen LogP) is 3.43. The number of para-hydroxylation sites is 3. The highest BCUT2D eigenvalue weighted by Gasteiger charge is 2.34. The molecule has 140 valence electrons. The number of hydrogen-bond donors (Lipinski definition) is 0. The summed E-state index contributed by atoms with van der Waals surface area (Å²) in [6.45, 7) is 5.06. The minimum absolute atomic E-state index is 0.247. The van der Waals surface area contributed by atoms with Gasteiger partial charge in [0.1, 0.15) is 18.6 Å². The molecule has 2 amide bonds. The van der Waals surface area contributed by atoms with E-state index in [0.29, 0.717) is 17.1 Å². The lowest BCUT2D eigenvalue weighted by atomic mass is 10.2. The van der Waals surface area contributed by atoms with Crippen LogP contribution in [0.25, 0.3) is 0 Å². The van der Waals surface area contributed by atoms with Crippen LogP contribution >= 0.6 is 0 Å². The molecule has 1 heterocycles. The van der Waals surface area contributed by atoms with Gasteiger partial charge >= 0.3 is 5.97 Å². The number of rotatable bonds is 3. The van der Waals surface area contributed by atoms with Gasteiger partial charge in [0.2, 0.25) is 11.8 Å². The van der Waals surface area contributed by atoms with Crippen molar-refractivity contribution >= 4 is 34.8 Å². The molecule has 0 aliphatic carbocycles. The number of anilines is 3. The van der Waals surface area contributed by atoms with E-state index >= 15 is 0 Å². The van der Waals surface area contributed by atoms with Gasteiger partial charge < -0.3 is 4.74 Å². The second-order valence-corrected chi connectivity index (χ2v) is 7.30. The molecule has 0 radical (unpaired) electrons. The third kappa shape index (κ3) is 4.16. The van der Waals surface area contributed by atoms with Crippen LogP contribution in [0.1, 0.15) is 27.2 Å². The Morgan fingerprint density at radius 1 is 0.926 bits per heavy atom. The fourth-order valence-electron chi connectivity index (χ4n) is 2.99. The molecule has 0 fully saturated rings. The van der Waals surface area contributed by atoms with Crippen LogP contribution in [0.5, 0.6) is 0 Å². The highest BCUT2D eigenvalue weighted by Crippen LogP contribution is 2.37. The van der Waals surface area contributed by atoms with E-state index in [0.717, 1.165) is 0 Å². The van der Waals surface area contributed by atoms with E-state index in [-0.39, 0.29) is 18.9 Å². The fourth-order valence-corrected chi connectivity index (χ4v) is 2.99. The van der Waals surface area contributed by atoms with E-state index in [1.165, 1.54) is 9.80 Å². The highest BCUT2D eigenvalue weighted by atomic mass is 16.6. The lowest BCUT2D eigenvalue weighted by Crippen LogP contribution is -2.39. The Morgan fingerprint density at radius 3 is 2.15 bits per heavy atom. The van der Waals surface area contributed by atoms with Gasteiger partial charge in [-0.2, -0.15) is 0 Å². The zero-order valence-corrected chi connectivity index (χ0v) is 15.6. The Labute approximate surface area is 158 Å². The minimum Gasteiger partial charge on any atom is -0.459 e. The van der Waals surface area contributed by atoms with Crippen LogP contribution in [0, 0.1) is 0 Å². The molecule has 6 heteroatoms. The van der Waals surface area contributed by atoms with Crippen LogP contribution in [0.15, 0.2) is 54.6 Å². The Balaban J connectivity index is 2.02. The first-order valence-electron chi connectivity index (χ1n) is 8.75. The summed E-state index contributed by atoms with van der Waals surface area (Å²) >= 11 is 0. The summed E-state index contributed by atoms with van der Waals surface area (Å²) in [7, 11) is 0. The van der Waals surface area contributed by atoms with Gasteiger partial charge in [-0.25, -0.2) is 0 Å². The molecule has 1 aliphatic rings. The van der Waals surface area contributed by atoms with Crippen LogP contribution in [-0.4, -0.2) is 29.9 Å². The van der Waals surface area contributed by atoms with E-state index in [1.54, 1.807) is 45.0 Å². The van der Waals surface area contributed by atoms with Crippen LogP contribution in [0.3, 0.4) is 0 Å². The molecule has 0 saturated heterocycles. The quantitative estimate of drug-likeness (QED) is 0.617. The van der Waals surface area contributed by atoms with Crippen molar-refractivity contribution in [1.82, 2.24) is 0 Å². The van der Waals surface area contributed by atoms with Crippen LogP contribution in [0.4, 0.5) is 17.1 Å². The van der Waals surface area contributed by atoms with Crippen LogP contribution < -0.4 is 9.80 Å². The molecule has 0 saturated carbocycles. The molecule has 0 atom stereocenters. The molecule has 2 aromatic rings. The van der Waals surface area contributed by atoms with Crippen molar-refractivity contribution in [1.29, 1.82) is 0 Å². The maximum atomic E-state index is 12.8. The van der Waals surface area contributed by atoms with E-state index in [9.17, 15) is 14.4 Å². The molecule has 2 aromatic carbocycles. The summed E-state index contributed by atoms with van der Waals surface area (Å²) in [4.78, 5) is 40.7. The zero-order valence-electron chi connectivity index (χ0n) is 15.6. The van der Waals surface area contributed by atoms with Crippen LogP contribution in [0.2, 0.25) is 0 Å². The number of ether oxygens (including phenoxy) is 1. The molecule has 0 aromatic heterocycles. The Morgan fingerprint density at radius 2 is 1.52 bits per heavy atom. The maximum absolute atomic E-state index is 12.8. The number of fused-ring (bicyclic) bond motifs is 1. The highest BCUT2D eigenvalue weighted by molar-refractivity contribution is 6.18. The smallest absolute Gasteiger partial charge is 0.326 e. The fraction of sp³-hybridized carbons (Fsp3) is 0.286. The van der Waals surface area contributed by atoms with Gasteiger partial charge in [0.05, 0.1) is 11.4 Å². The number of nitrogens with zero attached hydrogens (tertiary/aromatic N) is 2. The lowest BCUT2D eigenvalue weighted by Gasteiger charge is -2.26. The molecular weight excluding hydrogens is 344 g/mol. The topological polar surface area (TPSA) is 66.9 Å². The van der Waals surface area contributed by atoms with Crippen molar-refractivity contribution < 1.29 is 19.1 Å². The zero-order chi connectivity index (χ0) is 19.6. The second kappa shape index (κ2) is 7.23. The molecule has 0 unspecified atom stereocenters. The summed E-state index contributed by atoms with van der Waals surface area (Å²) in [6.07, 6.45) is -0.327. The monoisotopic (exact) mass is 366 g/mol. The number of esters is 1. The molecule has 3 rings (SSSR count). The largest absolute Gasteiger partial charge is 0.459 e. The van der Waals surface area contributed by atoms with Crippen molar-refractivity contribution in [3.8, 4) is 0 Å². The predicted molar refractivity (Wildman–Crippen MR) is 103 cm³/mol. The average molecular weight is 366 g/mol. The summed E-state index contributed by atoms with van der Waals surface area (Å²) in [5, 5.41) is 0. The molecule has 0 bridgehead atoms. The van der Waals surface area contributed by atoms with Crippen molar-refractivity contribution in [2.45, 2.75) is 32.8 Å². The van der Waals surface area contributed by atoms with Crippen molar-refractivity contribution in [3.05, 3.63) is 54.6 Å². The summed E-state index contributed by atoms with van der Waals surface area (Å²) in [5.41, 5.74) is 1.07. The van der Waals surface area contributed by atoms with Gasteiger partial charge in [-0.3, -0.25) is 24.2 Å². The maximum Gasteiger partial charge on any atom is 0.326 e. The Hall–Kier alpha value is -3.15. The first-order chi connectivity index (χ1) is 12.8. The number of amides is 2. The van der Waals surface area contributed by atoms with Crippen LogP contribution in [-0.2, 0) is 19.1 Å². The SMILES string of the molecule is CC(C)(C)OC(=O)CN1C(=O)CC(=O)N(c2ccccc2)c2ccccc21. The molecule has 0 N–H and O–H groups in total. The molecule has 1 aliphatic heterocycles. The normalized spacial score (nSPS) is 14.6. The molecule has 27 heavy (non-hydrogen) atoms. The van der Waals surface area contributed by atoms with Crippen molar-refractivity contribution in [2.24, 2.45) is 0 Å². The Bertz CT molecular complexity index is 871. The van der Waals surface area contributed by atoms with E-state index in [2.05, 4.69) is 0 Å². The molecule has 6 nitrogen and oxygen atoms in total. The first kappa shape index (κ1) is 18.6. The third-order valence-electron chi connectivity index (χ3n) is 3.99. The number of hydrogen-bond acceptors (Lipinski definition) is 4. The van der Waals surface area contributed by atoms with Gasteiger partial charge in [0.15, 0.2) is 0 Å². The number of carbonyl (C=O) groups excluding carboxylic acids is 3. The average Bonchev–Trinajstić information content (AvgIpc) is 2.69. The van der Waals surface area contributed by atoms with Gasteiger partial charge in [0.25, 0.3) is 0 Å². The van der Waals surface area contributed by atoms with Crippen molar-refractivity contribution in [2.75, 3.05) is 16.3 Å². The van der Waals surface area contributed by atoms with E-state index in [1.807, 2.05) is 30.3 Å². The summed E-state index contributed by atoms with van der Waals surface area (Å²) < 4.78 is 5.35. The first-order valence-corrected chi connectivity index (χ1v) is 8.75. The molecular formula is C21H22N2O4. The minimum atomic E-state index is -0.655.